The van der Waals surface area contributed by atoms with E-state index in [0.717, 1.165) is 5.75 Å². The third-order valence-electron chi connectivity index (χ3n) is 2.21. The molecule has 0 aliphatic rings. The number of nitrogens with two attached hydrogens (primary N) is 1. The Morgan fingerprint density at radius 2 is 2.20 bits per heavy atom. The fourth-order valence-electron chi connectivity index (χ4n) is 0.879. The number of hydrogen-bond donors (Lipinski definition) is 2. The highest BCUT2D eigenvalue weighted by Crippen LogP contribution is 2.05. The summed E-state index contributed by atoms with van der Waals surface area (Å²) in [5.41, 5.74) is 5.37. The van der Waals surface area contributed by atoms with Crippen LogP contribution >= 0.6 is 11.8 Å². The number of hydrogen-bond acceptors (Lipinski definition) is 4. The van der Waals surface area contributed by atoms with Gasteiger partial charge in [0.15, 0.2) is 0 Å². The van der Waals surface area contributed by atoms with Crippen LogP contribution in [0.4, 0.5) is 0 Å². The van der Waals surface area contributed by atoms with Crippen molar-refractivity contribution in [2.75, 3.05) is 25.7 Å². The van der Waals surface area contributed by atoms with Crippen molar-refractivity contribution in [3.8, 4) is 0 Å². The van der Waals surface area contributed by atoms with Gasteiger partial charge in [-0.3, -0.25) is 4.79 Å². The van der Waals surface area contributed by atoms with Crippen molar-refractivity contribution in [2.24, 2.45) is 5.73 Å². The van der Waals surface area contributed by atoms with Crippen LogP contribution < -0.4 is 11.1 Å². The molecule has 3 N–H and O–H groups in total. The van der Waals surface area contributed by atoms with E-state index in [1.807, 2.05) is 20.1 Å². The first kappa shape index (κ1) is 14.7. The van der Waals surface area contributed by atoms with E-state index in [1.165, 1.54) is 0 Å². The lowest BCUT2D eigenvalue weighted by molar-refractivity contribution is -0.123. The van der Waals surface area contributed by atoms with Crippen LogP contribution in [0.15, 0.2) is 0 Å². The van der Waals surface area contributed by atoms with Gasteiger partial charge in [0, 0.05) is 13.7 Å². The summed E-state index contributed by atoms with van der Waals surface area (Å²) in [6, 6.07) is -0.412. The maximum absolute atomic E-state index is 11.5. The van der Waals surface area contributed by atoms with Crippen molar-refractivity contribution in [2.45, 2.75) is 31.9 Å². The fourth-order valence-corrected chi connectivity index (χ4v) is 1.37. The monoisotopic (exact) mass is 234 g/mol. The number of amides is 1. The molecule has 0 heterocycles. The summed E-state index contributed by atoms with van der Waals surface area (Å²) in [6.07, 6.45) is 2.71. The third kappa shape index (κ3) is 6.76. The molecule has 0 fully saturated rings. The van der Waals surface area contributed by atoms with Crippen LogP contribution in [-0.2, 0) is 9.53 Å². The van der Waals surface area contributed by atoms with Crippen LogP contribution in [0.2, 0.25) is 0 Å². The van der Waals surface area contributed by atoms with Gasteiger partial charge in [0.05, 0.1) is 11.6 Å². The van der Waals surface area contributed by atoms with Gasteiger partial charge in [-0.2, -0.15) is 11.8 Å². The predicted octanol–water partition coefficient (Wildman–Crippen LogP) is 0.608. The Labute approximate surface area is 96.3 Å². The Kier molecular flexibility index (Phi) is 6.96. The van der Waals surface area contributed by atoms with Crippen molar-refractivity contribution < 1.29 is 9.53 Å². The predicted molar refractivity (Wildman–Crippen MR) is 65.1 cm³/mol. The van der Waals surface area contributed by atoms with Crippen LogP contribution in [0.1, 0.15) is 20.3 Å². The van der Waals surface area contributed by atoms with Gasteiger partial charge in [-0.15, -0.1) is 0 Å². The van der Waals surface area contributed by atoms with E-state index < -0.39 is 6.04 Å². The highest BCUT2D eigenvalue weighted by atomic mass is 32.2. The molecule has 0 saturated carbocycles. The van der Waals surface area contributed by atoms with Gasteiger partial charge in [0.2, 0.25) is 5.91 Å². The molecule has 0 aromatic rings. The summed E-state index contributed by atoms with van der Waals surface area (Å²) < 4.78 is 5.19. The second-order valence-electron chi connectivity index (χ2n) is 4.07. The zero-order valence-electron chi connectivity index (χ0n) is 10.0. The SMILES string of the molecule is COC(C)(C)CNC(=O)[C@H](N)CCSC. The minimum absolute atomic E-state index is 0.103. The fraction of sp³-hybridized carbons (Fsp3) is 0.900. The summed E-state index contributed by atoms with van der Waals surface area (Å²) in [4.78, 5) is 11.5. The topological polar surface area (TPSA) is 64.3 Å². The summed E-state index contributed by atoms with van der Waals surface area (Å²) >= 11 is 1.69. The Hall–Kier alpha value is -0.260. The second-order valence-corrected chi connectivity index (χ2v) is 5.06. The molecule has 4 nitrogen and oxygen atoms in total. The molecule has 1 atom stereocenters. The smallest absolute Gasteiger partial charge is 0.237 e. The zero-order chi connectivity index (χ0) is 11.9. The molecule has 0 unspecified atom stereocenters. The number of carbonyl (C=O) groups is 1. The molecular weight excluding hydrogens is 212 g/mol. The van der Waals surface area contributed by atoms with E-state index in [9.17, 15) is 4.79 Å². The van der Waals surface area contributed by atoms with Crippen molar-refractivity contribution in [1.82, 2.24) is 5.32 Å². The average Bonchev–Trinajstić information content (AvgIpc) is 2.22. The number of nitrogens with one attached hydrogen (secondary N) is 1. The normalized spacial score (nSPS) is 13.7. The van der Waals surface area contributed by atoms with Gasteiger partial charge in [-0.25, -0.2) is 0 Å². The quantitative estimate of drug-likeness (QED) is 0.677. The highest BCUT2D eigenvalue weighted by molar-refractivity contribution is 7.98. The van der Waals surface area contributed by atoms with Gasteiger partial charge >= 0.3 is 0 Å². The van der Waals surface area contributed by atoms with Crippen molar-refractivity contribution >= 4 is 17.7 Å². The van der Waals surface area contributed by atoms with Crippen LogP contribution in [0.3, 0.4) is 0 Å². The second kappa shape index (κ2) is 7.09. The Morgan fingerprint density at radius 3 is 2.67 bits per heavy atom. The molecule has 0 aromatic carbocycles. The Balaban J connectivity index is 3.82. The minimum atomic E-state index is -0.412. The van der Waals surface area contributed by atoms with Crippen molar-refractivity contribution in [1.29, 1.82) is 0 Å². The average molecular weight is 234 g/mol. The third-order valence-corrected chi connectivity index (χ3v) is 2.85. The zero-order valence-corrected chi connectivity index (χ0v) is 10.8. The van der Waals surface area contributed by atoms with Gasteiger partial charge in [-0.05, 0) is 32.3 Å². The van der Waals surface area contributed by atoms with Gasteiger partial charge in [0.25, 0.3) is 0 Å². The lowest BCUT2D eigenvalue weighted by Crippen LogP contribution is -2.46. The maximum atomic E-state index is 11.5. The minimum Gasteiger partial charge on any atom is -0.377 e. The first-order valence-corrected chi connectivity index (χ1v) is 6.39. The number of thioether (sulfide) groups is 1. The molecule has 0 bridgehead atoms. The van der Waals surface area contributed by atoms with Gasteiger partial charge in [-0.1, -0.05) is 0 Å². The molecule has 0 aliphatic carbocycles. The first-order chi connectivity index (χ1) is 6.93. The lowest BCUT2D eigenvalue weighted by atomic mass is 10.1. The number of carbonyl (C=O) groups excluding carboxylic acids is 1. The van der Waals surface area contributed by atoms with Crippen LogP contribution in [0, 0.1) is 0 Å². The van der Waals surface area contributed by atoms with Gasteiger partial charge in [0.1, 0.15) is 0 Å². The maximum Gasteiger partial charge on any atom is 0.237 e. The molecule has 0 aliphatic heterocycles. The van der Waals surface area contributed by atoms with E-state index in [2.05, 4.69) is 5.32 Å². The summed E-state index contributed by atoms with van der Waals surface area (Å²) in [5.74, 6) is 0.802. The van der Waals surface area contributed by atoms with Crippen LogP contribution in [-0.4, -0.2) is 43.2 Å². The van der Waals surface area contributed by atoms with E-state index in [1.54, 1.807) is 18.9 Å². The molecule has 5 heteroatoms. The number of rotatable bonds is 7. The molecule has 0 rings (SSSR count). The molecule has 0 aromatic heterocycles. The molecule has 90 valence electrons. The van der Waals surface area contributed by atoms with Crippen molar-refractivity contribution in [3.05, 3.63) is 0 Å². The van der Waals surface area contributed by atoms with Crippen molar-refractivity contribution in [3.63, 3.8) is 0 Å². The molecular formula is C10H22N2O2S. The Bertz CT molecular complexity index is 198. The largest absolute Gasteiger partial charge is 0.377 e. The molecule has 1 amide bonds. The van der Waals surface area contributed by atoms with E-state index in [0.29, 0.717) is 13.0 Å². The van der Waals surface area contributed by atoms with E-state index >= 15 is 0 Å². The van der Waals surface area contributed by atoms with Gasteiger partial charge < -0.3 is 15.8 Å². The lowest BCUT2D eigenvalue weighted by Gasteiger charge is -2.24. The summed E-state index contributed by atoms with van der Waals surface area (Å²) in [5, 5.41) is 2.78. The number of ether oxygens (including phenoxy) is 1. The molecule has 15 heavy (non-hydrogen) atoms. The van der Waals surface area contributed by atoms with E-state index in [4.69, 9.17) is 10.5 Å². The van der Waals surface area contributed by atoms with Crippen LogP contribution in [0.25, 0.3) is 0 Å². The molecule has 0 spiro atoms. The summed E-state index contributed by atoms with van der Waals surface area (Å²) in [6.45, 7) is 4.32. The number of methoxy groups -OCH3 is 1. The molecule has 0 saturated heterocycles. The Morgan fingerprint density at radius 1 is 1.60 bits per heavy atom. The van der Waals surface area contributed by atoms with E-state index in [-0.39, 0.29) is 11.5 Å². The standard InChI is InChI=1S/C10H22N2O2S/c1-10(2,14-3)7-12-9(13)8(11)5-6-15-4/h8H,5-7,11H2,1-4H3,(H,12,13)/t8-/m1/s1. The highest BCUT2D eigenvalue weighted by Gasteiger charge is 2.19. The molecule has 0 radical (unpaired) electrons. The summed E-state index contributed by atoms with van der Waals surface area (Å²) in [7, 11) is 1.62. The first-order valence-electron chi connectivity index (χ1n) is 5.00. The van der Waals surface area contributed by atoms with Crippen LogP contribution in [0.5, 0.6) is 0 Å².